The fourth-order valence-electron chi connectivity index (χ4n) is 2.79. The molecule has 0 bridgehead atoms. The minimum atomic E-state index is -0.0896. The van der Waals surface area contributed by atoms with Gasteiger partial charge in [-0.25, -0.2) is 4.79 Å². The van der Waals surface area contributed by atoms with Crippen LogP contribution >= 0.6 is 0 Å². The molecular weight excluding hydrogens is 262 g/mol. The molecule has 1 aliphatic carbocycles. The van der Waals surface area contributed by atoms with Crippen LogP contribution in [-0.2, 0) is 0 Å². The number of carbonyl (C=O) groups is 1. The van der Waals surface area contributed by atoms with Gasteiger partial charge in [0.2, 0.25) is 0 Å². The average molecular weight is 289 g/mol. The Hall–Kier alpha value is -1.55. The van der Waals surface area contributed by atoms with Gasteiger partial charge in [0.1, 0.15) is 0 Å². The van der Waals surface area contributed by atoms with E-state index in [-0.39, 0.29) is 6.03 Å². The number of rotatable bonds is 6. The monoisotopic (exact) mass is 289 g/mol. The van der Waals surface area contributed by atoms with Gasteiger partial charge in [0.25, 0.3) is 0 Å². The molecule has 2 amide bonds. The molecule has 3 N–H and O–H groups in total. The molecule has 0 radical (unpaired) electrons. The highest BCUT2D eigenvalue weighted by atomic mass is 16.2. The SMILES string of the molecule is CCCNC(C)c1cccc(NC(=O)NC2CCCC2)c1. The Bertz CT molecular complexity index is 455. The number of hydrogen-bond acceptors (Lipinski definition) is 2. The van der Waals surface area contributed by atoms with Gasteiger partial charge in [0.15, 0.2) is 0 Å². The van der Waals surface area contributed by atoms with E-state index < -0.39 is 0 Å². The number of amides is 2. The Morgan fingerprint density at radius 1 is 1.33 bits per heavy atom. The summed E-state index contributed by atoms with van der Waals surface area (Å²) in [5.41, 5.74) is 2.05. The number of nitrogens with one attached hydrogen (secondary N) is 3. The summed E-state index contributed by atoms with van der Waals surface area (Å²) in [5.74, 6) is 0. The van der Waals surface area contributed by atoms with E-state index >= 15 is 0 Å². The van der Waals surface area contributed by atoms with Gasteiger partial charge in [0, 0.05) is 17.8 Å². The molecule has 0 saturated heterocycles. The lowest BCUT2D eigenvalue weighted by Gasteiger charge is -2.16. The van der Waals surface area contributed by atoms with Crippen LogP contribution in [0.1, 0.15) is 57.6 Å². The second-order valence-corrected chi connectivity index (χ2v) is 5.88. The largest absolute Gasteiger partial charge is 0.335 e. The minimum Gasteiger partial charge on any atom is -0.335 e. The van der Waals surface area contributed by atoms with E-state index in [0.29, 0.717) is 12.1 Å². The number of benzene rings is 1. The summed E-state index contributed by atoms with van der Waals surface area (Å²) < 4.78 is 0. The summed E-state index contributed by atoms with van der Waals surface area (Å²) in [5, 5.41) is 9.45. The smallest absolute Gasteiger partial charge is 0.319 e. The second-order valence-electron chi connectivity index (χ2n) is 5.88. The van der Waals surface area contributed by atoms with E-state index in [1.807, 2.05) is 18.2 Å². The molecule has 21 heavy (non-hydrogen) atoms. The lowest BCUT2D eigenvalue weighted by atomic mass is 10.1. The van der Waals surface area contributed by atoms with Crippen LogP contribution in [0.2, 0.25) is 0 Å². The van der Waals surface area contributed by atoms with Crippen molar-refractivity contribution in [3.8, 4) is 0 Å². The first-order valence-corrected chi connectivity index (χ1v) is 8.10. The van der Waals surface area contributed by atoms with Crippen molar-refractivity contribution in [1.82, 2.24) is 10.6 Å². The highest BCUT2D eigenvalue weighted by Crippen LogP contribution is 2.19. The first kappa shape index (κ1) is 15.8. The molecule has 1 saturated carbocycles. The highest BCUT2D eigenvalue weighted by Gasteiger charge is 2.17. The van der Waals surface area contributed by atoms with Crippen molar-refractivity contribution in [3.63, 3.8) is 0 Å². The van der Waals surface area contributed by atoms with Crippen LogP contribution in [-0.4, -0.2) is 18.6 Å². The number of urea groups is 1. The Kier molecular flexibility index (Phi) is 6.05. The number of anilines is 1. The summed E-state index contributed by atoms with van der Waals surface area (Å²) in [7, 11) is 0. The molecular formula is C17H27N3O. The van der Waals surface area contributed by atoms with Gasteiger partial charge >= 0.3 is 6.03 Å². The van der Waals surface area contributed by atoms with Gasteiger partial charge < -0.3 is 16.0 Å². The van der Waals surface area contributed by atoms with Crippen molar-refractivity contribution >= 4 is 11.7 Å². The maximum Gasteiger partial charge on any atom is 0.319 e. The normalized spacial score (nSPS) is 16.7. The highest BCUT2D eigenvalue weighted by molar-refractivity contribution is 5.89. The molecule has 4 heteroatoms. The molecule has 1 aliphatic rings. The third kappa shape index (κ3) is 5.05. The quantitative estimate of drug-likeness (QED) is 0.746. The first-order chi connectivity index (χ1) is 10.2. The minimum absolute atomic E-state index is 0.0896. The molecule has 0 aliphatic heterocycles. The third-order valence-corrected chi connectivity index (χ3v) is 4.04. The molecule has 0 heterocycles. The lowest BCUT2D eigenvalue weighted by molar-refractivity contribution is 0.248. The molecule has 1 unspecified atom stereocenters. The number of carbonyl (C=O) groups excluding carboxylic acids is 1. The number of hydrogen-bond donors (Lipinski definition) is 3. The summed E-state index contributed by atoms with van der Waals surface area (Å²) in [6.07, 6.45) is 5.77. The molecule has 1 fully saturated rings. The lowest BCUT2D eigenvalue weighted by Crippen LogP contribution is -2.36. The molecule has 4 nitrogen and oxygen atoms in total. The van der Waals surface area contributed by atoms with Crippen molar-refractivity contribution in [2.45, 2.75) is 58.0 Å². The summed E-state index contributed by atoms with van der Waals surface area (Å²) >= 11 is 0. The molecule has 116 valence electrons. The van der Waals surface area contributed by atoms with Gasteiger partial charge in [-0.2, -0.15) is 0 Å². The van der Waals surface area contributed by atoms with Gasteiger partial charge in [-0.05, 0) is 50.4 Å². The standard InChI is InChI=1S/C17H27N3O/c1-3-11-18-13(2)14-7-6-10-16(12-14)20-17(21)19-15-8-4-5-9-15/h6-7,10,12-13,15,18H,3-5,8-9,11H2,1-2H3,(H2,19,20,21). The van der Waals surface area contributed by atoms with Crippen molar-refractivity contribution in [2.24, 2.45) is 0 Å². The van der Waals surface area contributed by atoms with Gasteiger partial charge in [-0.15, -0.1) is 0 Å². The maximum absolute atomic E-state index is 12.0. The van der Waals surface area contributed by atoms with Crippen molar-refractivity contribution in [3.05, 3.63) is 29.8 Å². The molecule has 2 rings (SSSR count). The van der Waals surface area contributed by atoms with E-state index in [0.717, 1.165) is 31.5 Å². The third-order valence-electron chi connectivity index (χ3n) is 4.04. The molecule has 0 spiro atoms. The van der Waals surface area contributed by atoms with Gasteiger partial charge in [-0.1, -0.05) is 31.9 Å². The molecule has 1 aromatic carbocycles. The topological polar surface area (TPSA) is 53.2 Å². The predicted octanol–water partition coefficient (Wildman–Crippen LogP) is 3.81. The summed E-state index contributed by atoms with van der Waals surface area (Å²) in [6.45, 7) is 5.30. The summed E-state index contributed by atoms with van der Waals surface area (Å²) in [6, 6.07) is 8.61. The van der Waals surface area contributed by atoms with E-state index in [2.05, 4.69) is 35.9 Å². The molecule has 1 aromatic rings. The molecule has 1 atom stereocenters. The Balaban J connectivity index is 1.89. The van der Waals surface area contributed by atoms with E-state index in [4.69, 9.17) is 0 Å². The Morgan fingerprint density at radius 2 is 2.10 bits per heavy atom. The van der Waals surface area contributed by atoms with Crippen LogP contribution in [0.5, 0.6) is 0 Å². The molecule has 0 aromatic heterocycles. The predicted molar refractivity (Wildman–Crippen MR) is 87.6 cm³/mol. The zero-order chi connectivity index (χ0) is 15.1. The van der Waals surface area contributed by atoms with Crippen LogP contribution in [0.15, 0.2) is 24.3 Å². The second kappa shape index (κ2) is 8.03. The maximum atomic E-state index is 12.0. The zero-order valence-electron chi connectivity index (χ0n) is 13.1. The first-order valence-electron chi connectivity index (χ1n) is 8.10. The zero-order valence-corrected chi connectivity index (χ0v) is 13.1. The fraction of sp³-hybridized carbons (Fsp3) is 0.588. The van der Waals surface area contributed by atoms with Crippen LogP contribution < -0.4 is 16.0 Å². The van der Waals surface area contributed by atoms with E-state index in [9.17, 15) is 4.79 Å². The average Bonchev–Trinajstić information content (AvgIpc) is 2.97. The van der Waals surface area contributed by atoms with Crippen molar-refractivity contribution < 1.29 is 4.79 Å². The Morgan fingerprint density at radius 3 is 2.81 bits per heavy atom. The van der Waals surface area contributed by atoms with Gasteiger partial charge in [-0.3, -0.25) is 0 Å². The van der Waals surface area contributed by atoms with Crippen molar-refractivity contribution in [1.29, 1.82) is 0 Å². The van der Waals surface area contributed by atoms with Crippen LogP contribution in [0, 0.1) is 0 Å². The van der Waals surface area contributed by atoms with Crippen LogP contribution in [0.4, 0.5) is 10.5 Å². The van der Waals surface area contributed by atoms with Gasteiger partial charge in [0.05, 0.1) is 0 Å². The van der Waals surface area contributed by atoms with Crippen LogP contribution in [0.3, 0.4) is 0 Å². The fourth-order valence-corrected chi connectivity index (χ4v) is 2.79. The van der Waals surface area contributed by atoms with E-state index in [1.54, 1.807) is 0 Å². The van der Waals surface area contributed by atoms with Crippen LogP contribution in [0.25, 0.3) is 0 Å². The summed E-state index contributed by atoms with van der Waals surface area (Å²) in [4.78, 5) is 12.0. The Labute approximate surface area is 127 Å². The van der Waals surface area contributed by atoms with Crippen molar-refractivity contribution in [2.75, 3.05) is 11.9 Å². The van der Waals surface area contributed by atoms with E-state index in [1.165, 1.54) is 18.4 Å².